The van der Waals surface area contributed by atoms with E-state index in [0.717, 1.165) is 38.6 Å². The third-order valence-corrected chi connectivity index (χ3v) is 5.15. The van der Waals surface area contributed by atoms with Crippen molar-refractivity contribution in [1.29, 1.82) is 0 Å². The van der Waals surface area contributed by atoms with Gasteiger partial charge in [-0.3, -0.25) is 4.40 Å². The SMILES string of the molecule is COc1cccc2c(C)cc3nnc(SCc4ccc(F)cc4)n3c12. The smallest absolute Gasteiger partial charge is 0.196 e. The van der Waals surface area contributed by atoms with Crippen molar-refractivity contribution in [2.24, 2.45) is 0 Å². The zero-order valence-corrected chi connectivity index (χ0v) is 14.7. The number of nitrogens with zero attached hydrogens (tertiary/aromatic N) is 3. The van der Waals surface area contributed by atoms with Gasteiger partial charge in [-0.2, -0.15) is 0 Å². The quantitative estimate of drug-likeness (QED) is 0.502. The summed E-state index contributed by atoms with van der Waals surface area (Å²) in [6.45, 7) is 2.06. The molecule has 6 heteroatoms. The van der Waals surface area contributed by atoms with Crippen molar-refractivity contribution in [1.82, 2.24) is 14.6 Å². The van der Waals surface area contributed by atoms with Crippen LogP contribution < -0.4 is 4.74 Å². The number of fused-ring (bicyclic) bond motifs is 3. The van der Waals surface area contributed by atoms with E-state index in [-0.39, 0.29) is 5.82 Å². The Morgan fingerprint density at radius 3 is 2.68 bits per heavy atom. The maximum atomic E-state index is 13.1. The second-order valence-electron chi connectivity index (χ2n) is 5.78. The van der Waals surface area contributed by atoms with Crippen molar-refractivity contribution in [3.63, 3.8) is 0 Å². The van der Waals surface area contributed by atoms with E-state index in [1.807, 2.05) is 22.6 Å². The highest BCUT2D eigenvalue weighted by Gasteiger charge is 2.15. The standard InChI is InChI=1S/C19H16FN3OS/c1-12-10-17-21-22-19(25-11-13-6-8-14(20)9-7-13)23(17)18-15(12)4-3-5-16(18)24-2/h3-10H,11H2,1-2H3. The van der Waals surface area contributed by atoms with Gasteiger partial charge in [0.1, 0.15) is 11.6 Å². The van der Waals surface area contributed by atoms with Crippen molar-refractivity contribution in [3.05, 3.63) is 65.5 Å². The van der Waals surface area contributed by atoms with E-state index in [1.165, 1.54) is 12.1 Å². The molecule has 126 valence electrons. The van der Waals surface area contributed by atoms with Crippen molar-refractivity contribution < 1.29 is 9.13 Å². The number of aromatic nitrogens is 3. The maximum Gasteiger partial charge on any atom is 0.196 e. The van der Waals surface area contributed by atoms with Crippen LogP contribution in [0.15, 0.2) is 53.7 Å². The average molecular weight is 353 g/mol. The van der Waals surface area contributed by atoms with Crippen LogP contribution in [0.3, 0.4) is 0 Å². The van der Waals surface area contributed by atoms with Crippen LogP contribution >= 0.6 is 11.8 Å². The first kappa shape index (κ1) is 15.9. The molecule has 0 N–H and O–H groups in total. The molecule has 0 radical (unpaired) electrons. The topological polar surface area (TPSA) is 39.4 Å². The van der Waals surface area contributed by atoms with Gasteiger partial charge in [0.15, 0.2) is 10.8 Å². The highest BCUT2D eigenvalue weighted by atomic mass is 32.2. The summed E-state index contributed by atoms with van der Waals surface area (Å²) in [5.41, 5.74) is 3.91. The van der Waals surface area contributed by atoms with E-state index >= 15 is 0 Å². The van der Waals surface area contributed by atoms with Gasteiger partial charge in [-0.15, -0.1) is 10.2 Å². The second kappa shape index (κ2) is 6.37. The zero-order valence-electron chi connectivity index (χ0n) is 13.9. The summed E-state index contributed by atoms with van der Waals surface area (Å²) in [6.07, 6.45) is 0. The molecule has 0 aliphatic rings. The molecule has 0 saturated carbocycles. The Kier molecular flexibility index (Phi) is 4.05. The number of para-hydroxylation sites is 1. The molecule has 2 heterocycles. The van der Waals surface area contributed by atoms with E-state index in [4.69, 9.17) is 4.74 Å². The molecule has 0 atom stereocenters. The summed E-state index contributed by atoms with van der Waals surface area (Å²) >= 11 is 1.57. The summed E-state index contributed by atoms with van der Waals surface area (Å²) in [4.78, 5) is 0. The number of rotatable bonds is 4. The molecule has 0 fully saturated rings. The minimum absolute atomic E-state index is 0.229. The minimum Gasteiger partial charge on any atom is -0.495 e. The van der Waals surface area contributed by atoms with E-state index in [1.54, 1.807) is 31.0 Å². The predicted octanol–water partition coefficient (Wildman–Crippen LogP) is 4.63. The summed E-state index contributed by atoms with van der Waals surface area (Å²) in [5, 5.41) is 10.5. The Morgan fingerprint density at radius 1 is 1.12 bits per heavy atom. The van der Waals surface area contributed by atoms with Crippen LogP contribution in [0.5, 0.6) is 5.75 Å². The van der Waals surface area contributed by atoms with Crippen molar-refractivity contribution in [2.45, 2.75) is 17.8 Å². The van der Waals surface area contributed by atoms with Gasteiger partial charge in [0.05, 0.1) is 12.6 Å². The van der Waals surface area contributed by atoms with Gasteiger partial charge in [-0.25, -0.2) is 4.39 Å². The molecule has 4 nitrogen and oxygen atoms in total. The molecule has 0 unspecified atom stereocenters. The summed E-state index contributed by atoms with van der Waals surface area (Å²) in [6, 6.07) is 14.5. The highest BCUT2D eigenvalue weighted by Crippen LogP contribution is 2.32. The first-order valence-corrected chi connectivity index (χ1v) is 8.84. The van der Waals surface area contributed by atoms with Crippen LogP contribution in [-0.4, -0.2) is 21.7 Å². The first-order chi connectivity index (χ1) is 12.2. The third kappa shape index (κ3) is 2.82. The van der Waals surface area contributed by atoms with Gasteiger partial charge >= 0.3 is 0 Å². The molecule has 0 saturated heterocycles. The summed E-state index contributed by atoms with van der Waals surface area (Å²) in [5.74, 6) is 1.24. The molecule has 0 spiro atoms. The lowest BCUT2D eigenvalue weighted by atomic mass is 10.1. The largest absolute Gasteiger partial charge is 0.495 e. The Hall–Kier alpha value is -2.60. The van der Waals surface area contributed by atoms with E-state index in [0.29, 0.717) is 5.75 Å². The lowest BCUT2D eigenvalue weighted by Crippen LogP contribution is -1.96. The van der Waals surface area contributed by atoms with Crippen LogP contribution in [-0.2, 0) is 5.75 Å². The van der Waals surface area contributed by atoms with Gasteiger partial charge in [0, 0.05) is 11.1 Å². The number of pyridine rings is 1. The highest BCUT2D eigenvalue weighted by molar-refractivity contribution is 7.98. The fourth-order valence-electron chi connectivity index (χ4n) is 2.91. The van der Waals surface area contributed by atoms with Crippen molar-refractivity contribution in [3.8, 4) is 5.75 Å². The van der Waals surface area contributed by atoms with Crippen molar-refractivity contribution in [2.75, 3.05) is 7.11 Å². The molecule has 25 heavy (non-hydrogen) atoms. The monoisotopic (exact) mass is 353 g/mol. The number of ether oxygens (including phenoxy) is 1. The molecule has 0 bridgehead atoms. The maximum absolute atomic E-state index is 13.1. The van der Waals surface area contributed by atoms with Crippen LogP contribution in [0.25, 0.3) is 16.6 Å². The number of methoxy groups -OCH3 is 1. The van der Waals surface area contributed by atoms with Crippen LogP contribution in [0.1, 0.15) is 11.1 Å². The minimum atomic E-state index is -0.229. The fourth-order valence-corrected chi connectivity index (χ4v) is 3.81. The Labute approximate surface area is 148 Å². The third-order valence-electron chi connectivity index (χ3n) is 4.15. The van der Waals surface area contributed by atoms with Gasteiger partial charge in [-0.1, -0.05) is 36.0 Å². The Bertz CT molecular complexity index is 1060. The van der Waals surface area contributed by atoms with Crippen LogP contribution in [0.2, 0.25) is 0 Å². The molecule has 4 rings (SSSR count). The van der Waals surface area contributed by atoms with E-state index in [2.05, 4.69) is 23.2 Å². The first-order valence-electron chi connectivity index (χ1n) is 7.86. The van der Waals surface area contributed by atoms with Gasteiger partial charge in [0.25, 0.3) is 0 Å². The van der Waals surface area contributed by atoms with Gasteiger partial charge in [0.2, 0.25) is 0 Å². The van der Waals surface area contributed by atoms with Crippen LogP contribution in [0, 0.1) is 12.7 Å². The lowest BCUT2D eigenvalue weighted by molar-refractivity contribution is 0.418. The molecule has 0 aliphatic heterocycles. The summed E-state index contributed by atoms with van der Waals surface area (Å²) < 4.78 is 20.6. The Balaban J connectivity index is 1.82. The molecule has 2 aromatic carbocycles. The molecule has 0 amide bonds. The Morgan fingerprint density at radius 2 is 1.92 bits per heavy atom. The van der Waals surface area contributed by atoms with Crippen molar-refractivity contribution >= 4 is 28.3 Å². The fraction of sp³-hybridized carbons (Fsp3) is 0.158. The van der Waals surface area contributed by atoms with E-state index < -0.39 is 0 Å². The van der Waals surface area contributed by atoms with E-state index in [9.17, 15) is 4.39 Å². The molecule has 4 aromatic rings. The molecular formula is C19H16FN3OS. The zero-order chi connectivity index (χ0) is 17.4. The lowest BCUT2D eigenvalue weighted by Gasteiger charge is -2.11. The number of benzene rings is 2. The number of hydrogen-bond acceptors (Lipinski definition) is 4. The number of aryl methyl sites for hydroxylation is 1. The normalized spacial score (nSPS) is 11.3. The number of thioether (sulfide) groups is 1. The predicted molar refractivity (Wildman–Crippen MR) is 97.7 cm³/mol. The second-order valence-corrected chi connectivity index (χ2v) is 6.72. The molecule has 0 aliphatic carbocycles. The van der Waals surface area contributed by atoms with Gasteiger partial charge in [-0.05, 0) is 42.3 Å². The van der Waals surface area contributed by atoms with Crippen LogP contribution in [0.4, 0.5) is 4.39 Å². The van der Waals surface area contributed by atoms with Gasteiger partial charge < -0.3 is 4.74 Å². The number of halogens is 1. The number of hydrogen-bond donors (Lipinski definition) is 0. The molecule has 2 aromatic heterocycles. The average Bonchev–Trinajstić information content (AvgIpc) is 3.03. The summed E-state index contributed by atoms with van der Waals surface area (Å²) in [7, 11) is 1.67. The molecular weight excluding hydrogens is 337 g/mol.